The first-order valence-electron chi connectivity index (χ1n) is 10.4. The zero-order valence-corrected chi connectivity index (χ0v) is 19.3. The fourth-order valence-corrected chi connectivity index (χ4v) is 4.22. The Hall–Kier alpha value is -2.19. The number of rotatable bonds is 7. The summed E-state index contributed by atoms with van der Waals surface area (Å²) in [5.41, 5.74) is 3.95. The molecular weight excluding hydrogens is 398 g/mol. The van der Waals surface area contributed by atoms with Crippen molar-refractivity contribution in [3.8, 4) is 0 Å². The van der Waals surface area contributed by atoms with Crippen LogP contribution in [0.2, 0.25) is 0 Å². The van der Waals surface area contributed by atoms with E-state index >= 15 is 0 Å². The van der Waals surface area contributed by atoms with E-state index in [1.54, 1.807) is 0 Å². The van der Waals surface area contributed by atoms with Crippen LogP contribution in [-0.2, 0) is 22.5 Å². The van der Waals surface area contributed by atoms with E-state index in [0.29, 0.717) is 19.4 Å². The van der Waals surface area contributed by atoms with Crippen LogP contribution in [0.4, 0.5) is 5.82 Å². The molecule has 1 saturated heterocycles. The molecule has 1 aliphatic heterocycles. The Kier molecular flexibility index (Phi) is 7.66. The van der Waals surface area contributed by atoms with Crippen molar-refractivity contribution in [2.24, 2.45) is 0 Å². The van der Waals surface area contributed by atoms with Gasteiger partial charge in [0.1, 0.15) is 5.82 Å². The highest BCUT2D eigenvalue weighted by Crippen LogP contribution is 2.19. The standard InChI is InChI=1S/C22H31N5O2S/c1-14-12-27(13-15(2)29-14)20-8-6-18(10-23-20)11-24-21(28)9-7-19-16(3)25-22(30-5)26-17(19)4/h6,8,10,14-15H,7,9,11-13H2,1-5H3,(H,24,28)/t14-,15-/m1/s1. The SMILES string of the molecule is CSc1nc(C)c(CCC(=O)NCc2ccc(N3C[C@@H](C)O[C@H](C)C3)nc2)c(C)n1. The molecule has 0 radical (unpaired) electrons. The molecule has 3 rings (SSSR count). The zero-order chi connectivity index (χ0) is 21.7. The highest BCUT2D eigenvalue weighted by molar-refractivity contribution is 7.98. The van der Waals surface area contributed by atoms with Gasteiger partial charge in [-0.3, -0.25) is 4.79 Å². The van der Waals surface area contributed by atoms with Crippen LogP contribution in [0.1, 0.15) is 42.8 Å². The van der Waals surface area contributed by atoms with Gasteiger partial charge in [-0.25, -0.2) is 15.0 Å². The first kappa shape index (κ1) is 22.5. The van der Waals surface area contributed by atoms with Crippen LogP contribution >= 0.6 is 11.8 Å². The second-order valence-corrected chi connectivity index (χ2v) is 8.60. The third-order valence-electron chi connectivity index (χ3n) is 5.23. The smallest absolute Gasteiger partial charge is 0.220 e. The molecule has 3 heterocycles. The van der Waals surface area contributed by atoms with E-state index in [2.05, 4.69) is 39.0 Å². The number of nitrogens with one attached hydrogen (secondary N) is 1. The lowest BCUT2D eigenvalue weighted by Gasteiger charge is -2.36. The van der Waals surface area contributed by atoms with Gasteiger partial charge < -0.3 is 15.0 Å². The van der Waals surface area contributed by atoms with Crippen molar-refractivity contribution in [1.29, 1.82) is 0 Å². The minimum atomic E-state index is 0.0163. The molecule has 0 bridgehead atoms. The average molecular weight is 430 g/mol. The Morgan fingerprint density at radius 2 is 1.87 bits per heavy atom. The van der Waals surface area contributed by atoms with E-state index < -0.39 is 0 Å². The number of thioether (sulfide) groups is 1. The monoisotopic (exact) mass is 429 g/mol. The van der Waals surface area contributed by atoms with Crippen molar-refractivity contribution < 1.29 is 9.53 Å². The summed E-state index contributed by atoms with van der Waals surface area (Å²) in [6, 6.07) is 4.04. The summed E-state index contributed by atoms with van der Waals surface area (Å²) in [6.07, 6.45) is 5.25. The molecule has 0 unspecified atom stereocenters. The van der Waals surface area contributed by atoms with Crippen molar-refractivity contribution in [1.82, 2.24) is 20.3 Å². The number of hydrogen-bond acceptors (Lipinski definition) is 7. The third kappa shape index (κ3) is 5.92. The second-order valence-electron chi connectivity index (χ2n) is 7.82. The number of aromatic nitrogens is 3. The molecule has 1 fully saturated rings. The van der Waals surface area contributed by atoms with Crippen molar-refractivity contribution in [2.75, 3.05) is 24.2 Å². The molecule has 162 valence electrons. The highest BCUT2D eigenvalue weighted by atomic mass is 32.2. The van der Waals surface area contributed by atoms with Gasteiger partial charge in [0.2, 0.25) is 5.91 Å². The second kappa shape index (κ2) is 10.2. The average Bonchev–Trinajstić information content (AvgIpc) is 2.71. The maximum Gasteiger partial charge on any atom is 0.220 e. The fourth-order valence-electron chi connectivity index (χ4n) is 3.76. The molecule has 30 heavy (non-hydrogen) atoms. The van der Waals surface area contributed by atoms with Crippen LogP contribution in [-0.4, -0.2) is 52.4 Å². The molecule has 2 atom stereocenters. The Morgan fingerprint density at radius 1 is 1.20 bits per heavy atom. The number of pyridine rings is 1. The van der Waals surface area contributed by atoms with Crippen LogP contribution in [0.25, 0.3) is 0 Å². The number of aryl methyl sites for hydroxylation is 2. The van der Waals surface area contributed by atoms with E-state index in [1.165, 1.54) is 11.8 Å². The van der Waals surface area contributed by atoms with Gasteiger partial charge >= 0.3 is 0 Å². The number of morpholine rings is 1. The number of hydrogen-bond donors (Lipinski definition) is 1. The summed E-state index contributed by atoms with van der Waals surface area (Å²) < 4.78 is 5.78. The Labute approximate surface area is 183 Å². The molecule has 2 aromatic rings. The van der Waals surface area contributed by atoms with Gasteiger partial charge in [0.15, 0.2) is 5.16 Å². The molecule has 1 aliphatic rings. The summed E-state index contributed by atoms with van der Waals surface area (Å²) in [7, 11) is 0. The predicted molar refractivity (Wildman–Crippen MR) is 120 cm³/mol. The van der Waals surface area contributed by atoms with Gasteiger partial charge in [-0.05, 0) is 57.6 Å². The van der Waals surface area contributed by atoms with E-state index in [9.17, 15) is 4.79 Å². The number of nitrogens with zero attached hydrogens (tertiary/aromatic N) is 4. The molecule has 7 nitrogen and oxygen atoms in total. The minimum Gasteiger partial charge on any atom is -0.372 e. The molecule has 1 N–H and O–H groups in total. The summed E-state index contributed by atoms with van der Waals surface area (Å²) in [5.74, 6) is 0.967. The lowest BCUT2D eigenvalue weighted by Crippen LogP contribution is -2.45. The van der Waals surface area contributed by atoms with Gasteiger partial charge in [0.25, 0.3) is 0 Å². The topological polar surface area (TPSA) is 80.2 Å². The lowest BCUT2D eigenvalue weighted by atomic mass is 10.1. The van der Waals surface area contributed by atoms with Crippen molar-refractivity contribution in [3.05, 3.63) is 40.8 Å². The number of carbonyl (C=O) groups excluding carboxylic acids is 1. The van der Waals surface area contributed by atoms with Gasteiger partial charge in [-0.2, -0.15) is 0 Å². The summed E-state index contributed by atoms with van der Waals surface area (Å²) in [4.78, 5) is 28.1. The van der Waals surface area contributed by atoms with Gasteiger partial charge in [-0.1, -0.05) is 17.8 Å². The molecule has 1 amide bonds. The zero-order valence-electron chi connectivity index (χ0n) is 18.4. The van der Waals surface area contributed by atoms with Gasteiger partial charge in [0, 0.05) is 43.6 Å². The number of carbonyl (C=O) groups is 1. The first-order valence-corrected chi connectivity index (χ1v) is 11.6. The van der Waals surface area contributed by atoms with Crippen LogP contribution < -0.4 is 10.2 Å². The number of amides is 1. The Morgan fingerprint density at radius 3 is 2.43 bits per heavy atom. The van der Waals surface area contributed by atoms with E-state index in [1.807, 2.05) is 38.4 Å². The van der Waals surface area contributed by atoms with Crippen LogP contribution in [0.5, 0.6) is 0 Å². The Bertz CT molecular complexity index is 841. The maximum atomic E-state index is 12.3. The lowest BCUT2D eigenvalue weighted by molar-refractivity contribution is -0.121. The van der Waals surface area contributed by atoms with Crippen LogP contribution in [0, 0.1) is 13.8 Å². The minimum absolute atomic E-state index is 0.0163. The van der Waals surface area contributed by atoms with Crippen molar-refractivity contribution in [3.63, 3.8) is 0 Å². The molecule has 0 aromatic carbocycles. The van der Waals surface area contributed by atoms with E-state index in [4.69, 9.17) is 4.74 Å². The number of anilines is 1. The third-order valence-corrected chi connectivity index (χ3v) is 5.77. The summed E-state index contributed by atoms with van der Waals surface area (Å²) in [5, 5.41) is 3.76. The van der Waals surface area contributed by atoms with Crippen molar-refractivity contribution >= 4 is 23.5 Å². The van der Waals surface area contributed by atoms with Crippen LogP contribution in [0.3, 0.4) is 0 Å². The maximum absolute atomic E-state index is 12.3. The highest BCUT2D eigenvalue weighted by Gasteiger charge is 2.23. The normalized spacial score (nSPS) is 19.0. The summed E-state index contributed by atoms with van der Waals surface area (Å²) in [6.45, 7) is 10.3. The van der Waals surface area contributed by atoms with E-state index in [0.717, 1.165) is 46.6 Å². The summed E-state index contributed by atoms with van der Waals surface area (Å²) >= 11 is 1.53. The molecule has 0 saturated carbocycles. The quantitative estimate of drug-likeness (QED) is 0.535. The van der Waals surface area contributed by atoms with Gasteiger partial charge in [0.05, 0.1) is 12.2 Å². The first-order chi connectivity index (χ1) is 14.4. The van der Waals surface area contributed by atoms with Gasteiger partial charge in [-0.15, -0.1) is 0 Å². The molecule has 0 aliphatic carbocycles. The van der Waals surface area contributed by atoms with Crippen molar-refractivity contribution in [2.45, 2.75) is 64.4 Å². The van der Waals surface area contributed by atoms with Crippen LogP contribution in [0.15, 0.2) is 23.5 Å². The molecule has 8 heteroatoms. The predicted octanol–water partition coefficient (Wildman–Crippen LogP) is 3.07. The molecule has 0 spiro atoms. The number of ether oxygens (including phenoxy) is 1. The van der Waals surface area contributed by atoms with E-state index in [-0.39, 0.29) is 18.1 Å². The molecule has 2 aromatic heterocycles. The molecular formula is C22H31N5O2S. The largest absolute Gasteiger partial charge is 0.372 e. The fraction of sp³-hybridized carbons (Fsp3) is 0.545. The Balaban J connectivity index is 1.49.